The van der Waals surface area contributed by atoms with Crippen molar-refractivity contribution in [3.8, 4) is 17.4 Å². The van der Waals surface area contributed by atoms with E-state index in [2.05, 4.69) is 5.92 Å². The lowest BCUT2D eigenvalue weighted by molar-refractivity contribution is 0.491. The molecule has 0 atom stereocenters. The van der Waals surface area contributed by atoms with Crippen LogP contribution in [0.2, 0.25) is 0 Å². The van der Waals surface area contributed by atoms with Crippen LogP contribution in [0.3, 0.4) is 0 Å². The number of hydrogen-bond donors (Lipinski definition) is 1. The fourth-order valence-electron chi connectivity index (χ4n) is 0.405. The van der Waals surface area contributed by atoms with Gasteiger partial charge in [-0.05, 0) is 12.1 Å². The number of hydrogen-bond acceptors (Lipinski definition) is 2. The quantitative estimate of drug-likeness (QED) is 0.519. The van der Waals surface area contributed by atoms with E-state index >= 15 is 0 Å². The Morgan fingerprint density at radius 2 is 2.38 bits per heavy atom. The molecule has 1 nitrogen and oxygen atoms in total. The minimum Gasteiger partial charge on any atom is -0.499 e. The first-order chi connectivity index (χ1) is 3.83. The Morgan fingerprint density at radius 1 is 1.62 bits per heavy atom. The van der Waals surface area contributed by atoms with Crippen molar-refractivity contribution in [1.82, 2.24) is 0 Å². The highest BCUT2D eigenvalue weighted by molar-refractivity contribution is 7.14. The third-order valence-electron chi connectivity index (χ3n) is 0.734. The summed E-state index contributed by atoms with van der Waals surface area (Å²) in [7, 11) is 0. The van der Waals surface area contributed by atoms with Gasteiger partial charge >= 0.3 is 0 Å². The number of rotatable bonds is 0. The van der Waals surface area contributed by atoms with Crippen molar-refractivity contribution in [1.29, 1.82) is 0 Å². The number of terminal acetylenes is 1. The first-order valence-electron chi connectivity index (χ1n) is 2.08. The molecule has 0 aliphatic heterocycles. The van der Waals surface area contributed by atoms with E-state index in [1.165, 1.54) is 11.3 Å². The van der Waals surface area contributed by atoms with Gasteiger partial charge in [-0.3, -0.25) is 0 Å². The van der Waals surface area contributed by atoms with Crippen LogP contribution in [0.15, 0.2) is 12.1 Å². The smallest absolute Gasteiger partial charge is 0.172 e. The Hall–Kier alpha value is -0.940. The zero-order chi connectivity index (χ0) is 5.98. The van der Waals surface area contributed by atoms with E-state index in [0.717, 1.165) is 4.88 Å². The zero-order valence-corrected chi connectivity index (χ0v) is 4.90. The molecule has 0 saturated carbocycles. The van der Waals surface area contributed by atoms with Gasteiger partial charge in [0.15, 0.2) is 5.06 Å². The topological polar surface area (TPSA) is 20.2 Å². The molecule has 0 saturated heterocycles. The molecule has 1 aromatic rings. The molecule has 0 aromatic carbocycles. The second-order valence-electron chi connectivity index (χ2n) is 1.28. The van der Waals surface area contributed by atoms with Gasteiger partial charge in [0.25, 0.3) is 0 Å². The molecule has 0 unspecified atom stereocenters. The third-order valence-corrected chi connectivity index (χ3v) is 1.55. The van der Waals surface area contributed by atoms with Gasteiger partial charge in [-0.25, -0.2) is 0 Å². The number of thiophene rings is 1. The molecule has 1 heterocycles. The summed E-state index contributed by atoms with van der Waals surface area (Å²) in [5.74, 6) is 2.41. The average Bonchev–Trinajstić information content (AvgIpc) is 2.14. The molecule has 0 spiro atoms. The van der Waals surface area contributed by atoms with Gasteiger partial charge in [0.05, 0.1) is 4.88 Å². The fourth-order valence-corrected chi connectivity index (χ4v) is 0.962. The summed E-state index contributed by atoms with van der Waals surface area (Å²) in [4.78, 5) is 0.766. The SMILES string of the molecule is C#Cc1ccc(O)s1. The first kappa shape index (κ1) is 5.20. The van der Waals surface area contributed by atoms with E-state index in [1.54, 1.807) is 12.1 Å². The summed E-state index contributed by atoms with van der Waals surface area (Å²) in [6.45, 7) is 0. The maximum absolute atomic E-state index is 8.71. The molecule has 1 aromatic heterocycles. The second-order valence-corrected chi connectivity index (χ2v) is 2.34. The molecule has 0 aliphatic carbocycles. The Kier molecular flexibility index (Phi) is 1.23. The van der Waals surface area contributed by atoms with E-state index in [1.807, 2.05) is 0 Å². The largest absolute Gasteiger partial charge is 0.499 e. The molecule has 40 valence electrons. The van der Waals surface area contributed by atoms with Crippen molar-refractivity contribution in [3.05, 3.63) is 17.0 Å². The van der Waals surface area contributed by atoms with Gasteiger partial charge in [-0.15, -0.1) is 6.42 Å². The minimum absolute atomic E-state index is 0.276. The van der Waals surface area contributed by atoms with E-state index in [4.69, 9.17) is 11.5 Å². The lowest BCUT2D eigenvalue weighted by Gasteiger charge is -1.72. The maximum atomic E-state index is 8.71. The Balaban J connectivity index is 3.05. The molecule has 2 heteroatoms. The summed E-state index contributed by atoms with van der Waals surface area (Å²) in [5.41, 5.74) is 0. The molecule has 1 rings (SSSR count). The van der Waals surface area contributed by atoms with E-state index in [9.17, 15) is 0 Å². The van der Waals surface area contributed by atoms with Crippen LogP contribution in [0.25, 0.3) is 0 Å². The highest BCUT2D eigenvalue weighted by atomic mass is 32.1. The van der Waals surface area contributed by atoms with E-state index < -0.39 is 0 Å². The van der Waals surface area contributed by atoms with Crippen LogP contribution in [0, 0.1) is 12.3 Å². The average molecular weight is 124 g/mol. The fraction of sp³-hybridized carbons (Fsp3) is 0. The predicted octanol–water partition coefficient (Wildman–Crippen LogP) is 1.43. The summed E-state index contributed by atoms with van der Waals surface area (Å²) in [5, 5.41) is 8.98. The molecule has 0 fully saturated rings. The molecule has 0 amide bonds. The summed E-state index contributed by atoms with van der Waals surface area (Å²) < 4.78 is 0. The van der Waals surface area contributed by atoms with Crippen LogP contribution in [0.4, 0.5) is 0 Å². The Morgan fingerprint density at radius 3 is 2.62 bits per heavy atom. The van der Waals surface area contributed by atoms with Crippen molar-refractivity contribution < 1.29 is 5.11 Å². The van der Waals surface area contributed by atoms with Crippen molar-refractivity contribution in [3.63, 3.8) is 0 Å². The minimum atomic E-state index is 0.276. The van der Waals surface area contributed by atoms with Crippen LogP contribution in [-0.4, -0.2) is 5.11 Å². The van der Waals surface area contributed by atoms with Gasteiger partial charge in [0, 0.05) is 0 Å². The van der Waals surface area contributed by atoms with Crippen LogP contribution >= 0.6 is 11.3 Å². The summed E-state index contributed by atoms with van der Waals surface area (Å²) in [6, 6.07) is 3.29. The molecule has 0 radical (unpaired) electrons. The van der Waals surface area contributed by atoms with Crippen molar-refractivity contribution in [2.45, 2.75) is 0 Å². The monoisotopic (exact) mass is 124 g/mol. The van der Waals surface area contributed by atoms with Crippen molar-refractivity contribution in [2.75, 3.05) is 0 Å². The highest BCUT2D eigenvalue weighted by Gasteiger charge is 1.90. The zero-order valence-electron chi connectivity index (χ0n) is 4.09. The molecular weight excluding hydrogens is 120 g/mol. The number of aromatic hydroxyl groups is 1. The van der Waals surface area contributed by atoms with Gasteiger partial charge in [-0.2, -0.15) is 0 Å². The Bertz CT molecular complexity index is 219. The maximum Gasteiger partial charge on any atom is 0.172 e. The van der Waals surface area contributed by atoms with Gasteiger partial charge in [0.2, 0.25) is 0 Å². The first-order valence-corrected chi connectivity index (χ1v) is 2.90. The van der Waals surface area contributed by atoms with Gasteiger partial charge < -0.3 is 5.11 Å². The van der Waals surface area contributed by atoms with Crippen LogP contribution < -0.4 is 0 Å². The lowest BCUT2D eigenvalue weighted by atomic mass is 10.5. The van der Waals surface area contributed by atoms with Crippen molar-refractivity contribution in [2.24, 2.45) is 0 Å². The molecule has 1 N–H and O–H groups in total. The predicted molar refractivity (Wildman–Crippen MR) is 33.9 cm³/mol. The van der Waals surface area contributed by atoms with Gasteiger partial charge in [0.1, 0.15) is 0 Å². The highest BCUT2D eigenvalue weighted by Crippen LogP contribution is 2.20. The normalized spacial score (nSPS) is 8.38. The van der Waals surface area contributed by atoms with E-state index in [0.29, 0.717) is 0 Å². The Labute approximate surface area is 51.6 Å². The van der Waals surface area contributed by atoms with Crippen LogP contribution in [0.5, 0.6) is 5.06 Å². The van der Waals surface area contributed by atoms with Crippen LogP contribution in [0.1, 0.15) is 4.88 Å². The van der Waals surface area contributed by atoms with Crippen molar-refractivity contribution >= 4 is 11.3 Å². The lowest BCUT2D eigenvalue weighted by Crippen LogP contribution is -1.50. The summed E-state index contributed by atoms with van der Waals surface area (Å²) in [6.07, 6.45) is 5.01. The van der Waals surface area contributed by atoms with Gasteiger partial charge in [-0.1, -0.05) is 17.3 Å². The van der Waals surface area contributed by atoms with Crippen LogP contribution in [-0.2, 0) is 0 Å². The third kappa shape index (κ3) is 0.824. The second kappa shape index (κ2) is 1.89. The summed E-state index contributed by atoms with van der Waals surface area (Å²) >= 11 is 1.21. The molecule has 0 bridgehead atoms. The molecule has 0 aliphatic rings. The standard InChI is InChI=1S/C6H4OS/c1-2-5-3-4-6(7)8-5/h1,3-4,7H. The molecule has 8 heavy (non-hydrogen) atoms. The van der Waals surface area contributed by atoms with E-state index in [-0.39, 0.29) is 5.06 Å². The molecular formula is C6H4OS.